The van der Waals surface area contributed by atoms with E-state index in [0.29, 0.717) is 11.4 Å². The van der Waals surface area contributed by atoms with Crippen LogP contribution in [0.5, 0.6) is 0 Å². The number of benzene rings is 3. The van der Waals surface area contributed by atoms with Gasteiger partial charge in [-0.05, 0) is 74.7 Å². The number of hydrogen-bond acceptors (Lipinski definition) is 4. The van der Waals surface area contributed by atoms with Gasteiger partial charge in [0.15, 0.2) is 11.6 Å². The number of aryl methyl sites for hydroxylation is 1. The smallest absolute Gasteiger partial charge is 0.160 e. The second kappa shape index (κ2) is 8.58. The van der Waals surface area contributed by atoms with E-state index in [4.69, 9.17) is 9.98 Å². The van der Waals surface area contributed by atoms with Crippen LogP contribution >= 0.6 is 0 Å². The molecule has 1 aromatic heterocycles. The molecule has 0 amide bonds. The molecule has 0 saturated heterocycles. The van der Waals surface area contributed by atoms with Gasteiger partial charge in [0.2, 0.25) is 0 Å². The quantitative estimate of drug-likeness (QED) is 0.315. The lowest BCUT2D eigenvalue weighted by molar-refractivity contribution is 0.413. The Morgan fingerprint density at radius 3 is 2.57 bits per heavy atom. The van der Waals surface area contributed by atoms with Gasteiger partial charge in [-0.15, -0.1) is 0 Å². The molecule has 0 bridgehead atoms. The third-order valence-corrected chi connectivity index (χ3v) is 6.53. The molecular formula is C28H23F2N5. The van der Waals surface area contributed by atoms with E-state index in [1.807, 2.05) is 60.0 Å². The lowest BCUT2D eigenvalue weighted by Crippen LogP contribution is -2.22. The number of nitrogens with one attached hydrogen (secondary N) is 1. The molecule has 35 heavy (non-hydrogen) atoms. The van der Waals surface area contributed by atoms with E-state index >= 15 is 0 Å². The molecule has 0 unspecified atom stereocenters. The monoisotopic (exact) mass is 467 g/mol. The van der Waals surface area contributed by atoms with E-state index in [1.54, 1.807) is 12.3 Å². The van der Waals surface area contributed by atoms with Crippen molar-refractivity contribution in [1.82, 2.24) is 14.5 Å². The van der Waals surface area contributed by atoms with E-state index in [1.165, 1.54) is 12.5 Å². The second-order valence-electron chi connectivity index (χ2n) is 8.87. The van der Waals surface area contributed by atoms with Gasteiger partial charge in [-0.25, -0.2) is 13.8 Å². The van der Waals surface area contributed by atoms with Crippen LogP contribution in [0.15, 0.2) is 77.9 Å². The SMILES string of the molecule is Cc1ncccc1Nc1cc2nc3ccccc3n(-c3ccc(F)c(F)c3)c-2c/c1=N\C1CCC1. The lowest BCUT2D eigenvalue weighted by atomic mass is 9.94. The number of fused-ring (bicyclic) bond motifs is 2. The molecule has 2 aliphatic carbocycles. The van der Waals surface area contributed by atoms with Gasteiger partial charge in [0, 0.05) is 18.0 Å². The molecule has 0 spiro atoms. The highest BCUT2D eigenvalue weighted by Crippen LogP contribution is 2.31. The molecule has 2 aromatic carbocycles. The van der Waals surface area contributed by atoms with Crippen LogP contribution in [0.1, 0.15) is 25.0 Å². The number of hydrogen-bond donors (Lipinski definition) is 1. The number of halogens is 2. The molecule has 2 heterocycles. The topological polar surface area (TPSA) is 55.1 Å². The number of pyridine rings is 1. The molecule has 1 fully saturated rings. The standard InChI is InChI=1S/C28H23F2N5/c1-17-22(9-5-13-31-17)33-24-15-26-28(16-25(24)32-18-6-4-7-18)35(19-11-12-20(29)21(30)14-19)27-10-3-2-8-23(27)34-26/h2-3,5,8-16,18,33H,4,6-7H2,1H3/b32-25+. The van der Waals surface area contributed by atoms with Gasteiger partial charge in [0.1, 0.15) is 0 Å². The molecule has 5 nitrogen and oxygen atoms in total. The summed E-state index contributed by atoms with van der Waals surface area (Å²) >= 11 is 0. The van der Waals surface area contributed by atoms with Crippen LogP contribution < -0.4 is 10.7 Å². The van der Waals surface area contributed by atoms with Crippen LogP contribution in [0.2, 0.25) is 0 Å². The van der Waals surface area contributed by atoms with Gasteiger partial charge < -0.3 is 9.88 Å². The predicted molar refractivity (Wildman–Crippen MR) is 133 cm³/mol. The number of anilines is 2. The maximum absolute atomic E-state index is 14.3. The minimum Gasteiger partial charge on any atom is -0.352 e. The van der Waals surface area contributed by atoms with Gasteiger partial charge in [0.25, 0.3) is 0 Å². The normalized spacial score (nSPS) is 14.4. The molecule has 1 saturated carbocycles. The molecule has 6 rings (SSSR count). The number of aromatic nitrogens is 3. The maximum Gasteiger partial charge on any atom is 0.160 e. The maximum atomic E-state index is 14.3. The summed E-state index contributed by atoms with van der Waals surface area (Å²) in [7, 11) is 0. The molecule has 7 heteroatoms. The van der Waals surface area contributed by atoms with Crippen LogP contribution in [-0.2, 0) is 0 Å². The van der Waals surface area contributed by atoms with Crippen molar-refractivity contribution in [3.8, 4) is 17.1 Å². The highest BCUT2D eigenvalue weighted by molar-refractivity contribution is 5.84. The first-order valence-electron chi connectivity index (χ1n) is 11.7. The number of para-hydroxylation sites is 2. The number of rotatable bonds is 4. The Kier molecular flexibility index (Phi) is 5.25. The van der Waals surface area contributed by atoms with Crippen molar-refractivity contribution in [2.75, 3.05) is 5.32 Å². The predicted octanol–water partition coefficient (Wildman–Crippen LogP) is 6.31. The highest BCUT2D eigenvalue weighted by Gasteiger charge is 2.20. The van der Waals surface area contributed by atoms with E-state index in [2.05, 4.69) is 10.3 Å². The Morgan fingerprint density at radius 1 is 0.943 bits per heavy atom. The van der Waals surface area contributed by atoms with E-state index in [9.17, 15) is 8.78 Å². The van der Waals surface area contributed by atoms with Gasteiger partial charge in [0.05, 0.1) is 50.9 Å². The van der Waals surface area contributed by atoms with E-state index in [-0.39, 0.29) is 6.04 Å². The molecule has 0 radical (unpaired) electrons. The first kappa shape index (κ1) is 21.4. The fraction of sp³-hybridized carbons (Fsp3) is 0.179. The Labute approximate surface area is 201 Å². The summed E-state index contributed by atoms with van der Waals surface area (Å²) in [6.07, 6.45) is 5.05. The third kappa shape index (κ3) is 3.93. The average molecular weight is 468 g/mol. The molecule has 174 valence electrons. The van der Waals surface area contributed by atoms with Crippen LogP contribution in [-0.4, -0.2) is 20.6 Å². The average Bonchev–Trinajstić information content (AvgIpc) is 2.83. The molecular weight excluding hydrogens is 444 g/mol. The Morgan fingerprint density at radius 2 is 1.80 bits per heavy atom. The number of nitrogens with zero attached hydrogens (tertiary/aromatic N) is 4. The van der Waals surface area contributed by atoms with Gasteiger partial charge >= 0.3 is 0 Å². The van der Waals surface area contributed by atoms with Crippen molar-refractivity contribution in [2.24, 2.45) is 4.99 Å². The minimum absolute atomic E-state index is 0.271. The highest BCUT2D eigenvalue weighted by atomic mass is 19.2. The van der Waals surface area contributed by atoms with Crippen LogP contribution in [0.4, 0.5) is 20.2 Å². The minimum atomic E-state index is -0.895. The summed E-state index contributed by atoms with van der Waals surface area (Å²) in [5.74, 6) is -1.77. The summed E-state index contributed by atoms with van der Waals surface area (Å²) in [4.78, 5) is 14.3. The largest absolute Gasteiger partial charge is 0.352 e. The summed E-state index contributed by atoms with van der Waals surface area (Å²) in [6, 6.07) is 19.7. The molecule has 3 aromatic rings. The Bertz CT molecular complexity index is 1600. The van der Waals surface area contributed by atoms with E-state index in [0.717, 1.165) is 58.1 Å². The third-order valence-electron chi connectivity index (χ3n) is 6.53. The summed E-state index contributed by atoms with van der Waals surface area (Å²) in [6.45, 7) is 1.95. The first-order chi connectivity index (χ1) is 17.1. The van der Waals surface area contributed by atoms with Crippen LogP contribution in [0.25, 0.3) is 28.1 Å². The zero-order valence-electron chi connectivity index (χ0n) is 19.2. The fourth-order valence-corrected chi connectivity index (χ4v) is 4.42. The van der Waals surface area contributed by atoms with E-state index < -0.39 is 11.6 Å². The molecule has 1 aliphatic heterocycles. The second-order valence-corrected chi connectivity index (χ2v) is 8.87. The van der Waals surface area contributed by atoms with Gasteiger partial charge in [-0.2, -0.15) is 0 Å². The summed E-state index contributed by atoms with van der Waals surface area (Å²) in [5.41, 5.74) is 6.15. The van der Waals surface area contributed by atoms with Crippen LogP contribution in [0, 0.1) is 18.6 Å². The Hall–Kier alpha value is -4.13. The fourth-order valence-electron chi connectivity index (χ4n) is 4.42. The summed E-state index contributed by atoms with van der Waals surface area (Å²) in [5, 5.41) is 4.30. The first-order valence-corrected chi connectivity index (χ1v) is 11.7. The summed E-state index contributed by atoms with van der Waals surface area (Å²) < 4.78 is 30.0. The van der Waals surface area contributed by atoms with Crippen LogP contribution in [0.3, 0.4) is 0 Å². The van der Waals surface area contributed by atoms with Crippen molar-refractivity contribution >= 4 is 22.4 Å². The van der Waals surface area contributed by atoms with Crippen molar-refractivity contribution in [3.63, 3.8) is 0 Å². The van der Waals surface area contributed by atoms with Gasteiger partial charge in [-0.3, -0.25) is 9.98 Å². The van der Waals surface area contributed by atoms with Crippen molar-refractivity contribution < 1.29 is 8.78 Å². The molecule has 3 aliphatic rings. The van der Waals surface area contributed by atoms with Crippen molar-refractivity contribution in [1.29, 1.82) is 0 Å². The molecule has 0 atom stereocenters. The van der Waals surface area contributed by atoms with Crippen molar-refractivity contribution in [2.45, 2.75) is 32.2 Å². The zero-order chi connectivity index (χ0) is 23.9. The molecule has 1 N–H and O–H groups in total. The lowest BCUT2D eigenvalue weighted by Gasteiger charge is -2.23. The Balaban J connectivity index is 1.65. The van der Waals surface area contributed by atoms with Crippen molar-refractivity contribution in [3.05, 3.63) is 95.6 Å². The van der Waals surface area contributed by atoms with Gasteiger partial charge in [-0.1, -0.05) is 12.1 Å². The zero-order valence-corrected chi connectivity index (χ0v) is 19.2.